The number of aromatic nitrogens is 1. The van der Waals surface area contributed by atoms with Gasteiger partial charge in [0.25, 0.3) is 0 Å². The molecule has 0 radical (unpaired) electrons. The number of nitrogens with one attached hydrogen (secondary N) is 1. The molecule has 0 aliphatic carbocycles. The predicted octanol–water partition coefficient (Wildman–Crippen LogP) is 4.84. The number of carbonyl (C=O) groups is 2. The number of carbonyl (C=O) groups excluding carboxylic acids is 2. The van der Waals surface area contributed by atoms with Crippen molar-refractivity contribution in [1.29, 1.82) is 0 Å². The summed E-state index contributed by atoms with van der Waals surface area (Å²) in [6, 6.07) is 16.6. The fourth-order valence-electron chi connectivity index (χ4n) is 3.44. The minimum Gasteiger partial charge on any atom is -0.459 e. The van der Waals surface area contributed by atoms with Crippen molar-refractivity contribution in [3.05, 3.63) is 71.9 Å². The summed E-state index contributed by atoms with van der Waals surface area (Å²) in [7, 11) is 0. The lowest BCUT2D eigenvalue weighted by Crippen LogP contribution is -2.45. The van der Waals surface area contributed by atoms with Gasteiger partial charge in [-0.05, 0) is 44.9 Å². The van der Waals surface area contributed by atoms with E-state index >= 15 is 0 Å². The number of benzene rings is 2. The standard InChI is InChI=1S/C25H30N2O4/c1-5-27-16-19(20-13-9-10-14-22(20)27)15-21(26-24(29)31-25(2,3)4)23(28)30-17-18-11-7-6-8-12-18/h6-14,16,21H,5,15,17H2,1-4H3,(H,26,29)/t21-/m0/s1. The van der Waals surface area contributed by atoms with Gasteiger partial charge in [0.2, 0.25) is 0 Å². The highest BCUT2D eigenvalue weighted by Crippen LogP contribution is 2.23. The SMILES string of the molecule is CCn1cc(C[C@H](NC(=O)OC(C)(C)C)C(=O)OCc2ccccc2)c2ccccc21. The van der Waals surface area contributed by atoms with Crippen LogP contribution in [-0.2, 0) is 33.8 Å². The van der Waals surface area contributed by atoms with Crippen LogP contribution in [-0.4, -0.2) is 28.3 Å². The first-order valence-electron chi connectivity index (χ1n) is 10.5. The summed E-state index contributed by atoms with van der Waals surface area (Å²) >= 11 is 0. The van der Waals surface area contributed by atoms with E-state index in [1.54, 1.807) is 20.8 Å². The second-order valence-corrected chi connectivity index (χ2v) is 8.45. The number of nitrogens with zero attached hydrogens (tertiary/aromatic N) is 1. The first kappa shape index (κ1) is 22.4. The molecule has 164 valence electrons. The molecule has 0 aliphatic heterocycles. The minimum atomic E-state index is -0.866. The van der Waals surface area contributed by atoms with Gasteiger partial charge in [0.1, 0.15) is 18.2 Å². The van der Waals surface area contributed by atoms with Gasteiger partial charge in [-0.15, -0.1) is 0 Å². The summed E-state index contributed by atoms with van der Waals surface area (Å²) in [5, 5.41) is 3.76. The van der Waals surface area contributed by atoms with Crippen LogP contribution < -0.4 is 5.32 Å². The van der Waals surface area contributed by atoms with E-state index in [0.29, 0.717) is 6.42 Å². The molecule has 0 unspecified atom stereocenters. The largest absolute Gasteiger partial charge is 0.459 e. The summed E-state index contributed by atoms with van der Waals surface area (Å²) in [6.07, 6.45) is 1.69. The van der Waals surface area contributed by atoms with E-state index < -0.39 is 23.7 Å². The van der Waals surface area contributed by atoms with Crippen molar-refractivity contribution in [2.24, 2.45) is 0 Å². The Labute approximate surface area is 183 Å². The Bertz CT molecular complexity index is 1030. The molecule has 3 aromatic rings. The average Bonchev–Trinajstić information content (AvgIpc) is 3.08. The molecule has 1 heterocycles. The fourth-order valence-corrected chi connectivity index (χ4v) is 3.44. The predicted molar refractivity (Wildman–Crippen MR) is 121 cm³/mol. The normalized spacial score (nSPS) is 12.4. The second-order valence-electron chi connectivity index (χ2n) is 8.45. The van der Waals surface area contributed by atoms with Crippen LogP contribution in [0.1, 0.15) is 38.8 Å². The van der Waals surface area contributed by atoms with Crippen LogP contribution in [0.2, 0.25) is 0 Å². The van der Waals surface area contributed by atoms with E-state index in [0.717, 1.165) is 28.6 Å². The van der Waals surface area contributed by atoms with Crippen LogP contribution in [0, 0.1) is 0 Å². The lowest BCUT2D eigenvalue weighted by molar-refractivity contribution is -0.147. The molecule has 1 aromatic heterocycles. The van der Waals surface area contributed by atoms with Crippen molar-refractivity contribution in [3.63, 3.8) is 0 Å². The van der Waals surface area contributed by atoms with Gasteiger partial charge in [0.05, 0.1) is 0 Å². The van der Waals surface area contributed by atoms with Gasteiger partial charge < -0.3 is 19.4 Å². The van der Waals surface area contributed by atoms with Crippen molar-refractivity contribution in [2.45, 2.75) is 58.9 Å². The zero-order valence-corrected chi connectivity index (χ0v) is 18.6. The van der Waals surface area contributed by atoms with Gasteiger partial charge in [-0.3, -0.25) is 0 Å². The third kappa shape index (κ3) is 6.10. The van der Waals surface area contributed by atoms with Crippen molar-refractivity contribution in [3.8, 4) is 0 Å². The number of alkyl carbamates (subject to hydrolysis) is 1. The number of rotatable bonds is 7. The fraction of sp³-hybridized carbons (Fsp3) is 0.360. The Morgan fingerprint density at radius 3 is 2.39 bits per heavy atom. The Balaban J connectivity index is 1.81. The van der Waals surface area contributed by atoms with Gasteiger partial charge in [-0.2, -0.15) is 0 Å². The highest BCUT2D eigenvalue weighted by molar-refractivity contribution is 5.86. The molecule has 3 rings (SSSR count). The molecular formula is C25H30N2O4. The zero-order valence-electron chi connectivity index (χ0n) is 18.6. The molecule has 1 amide bonds. The van der Waals surface area contributed by atoms with E-state index in [1.165, 1.54) is 0 Å². The lowest BCUT2D eigenvalue weighted by Gasteiger charge is -2.23. The van der Waals surface area contributed by atoms with Crippen LogP contribution in [0.25, 0.3) is 10.9 Å². The van der Waals surface area contributed by atoms with Gasteiger partial charge in [-0.1, -0.05) is 48.5 Å². The van der Waals surface area contributed by atoms with E-state index in [4.69, 9.17) is 9.47 Å². The number of esters is 1. The number of para-hydroxylation sites is 1. The first-order valence-corrected chi connectivity index (χ1v) is 10.5. The summed E-state index contributed by atoms with van der Waals surface area (Å²) in [5.74, 6) is -0.497. The third-order valence-electron chi connectivity index (χ3n) is 4.84. The van der Waals surface area contributed by atoms with Crippen LogP contribution in [0.5, 0.6) is 0 Å². The summed E-state index contributed by atoms with van der Waals surface area (Å²) in [4.78, 5) is 25.4. The van der Waals surface area contributed by atoms with Crippen molar-refractivity contribution in [1.82, 2.24) is 9.88 Å². The molecule has 1 N–H and O–H groups in total. The molecule has 0 fully saturated rings. The molecule has 0 saturated carbocycles. The van der Waals surface area contributed by atoms with Crippen LogP contribution >= 0.6 is 0 Å². The van der Waals surface area contributed by atoms with Crippen LogP contribution in [0.4, 0.5) is 4.79 Å². The maximum atomic E-state index is 12.9. The molecule has 6 heteroatoms. The zero-order chi connectivity index (χ0) is 22.4. The Morgan fingerprint density at radius 1 is 1.03 bits per heavy atom. The first-order chi connectivity index (χ1) is 14.8. The molecule has 2 aromatic carbocycles. The topological polar surface area (TPSA) is 69.6 Å². The Hall–Kier alpha value is -3.28. The monoisotopic (exact) mass is 422 g/mol. The lowest BCUT2D eigenvalue weighted by atomic mass is 10.1. The average molecular weight is 423 g/mol. The number of hydrogen-bond donors (Lipinski definition) is 1. The van der Waals surface area contributed by atoms with Crippen molar-refractivity contribution < 1.29 is 19.1 Å². The van der Waals surface area contributed by atoms with Gasteiger partial charge in [-0.25, -0.2) is 9.59 Å². The van der Waals surface area contributed by atoms with E-state index in [-0.39, 0.29) is 6.61 Å². The maximum absolute atomic E-state index is 12.9. The molecule has 6 nitrogen and oxygen atoms in total. The summed E-state index contributed by atoms with van der Waals surface area (Å²) in [6.45, 7) is 8.37. The smallest absolute Gasteiger partial charge is 0.408 e. The van der Waals surface area contributed by atoms with Crippen LogP contribution in [0.15, 0.2) is 60.8 Å². The number of amides is 1. The molecule has 0 spiro atoms. The van der Waals surface area contributed by atoms with E-state index in [9.17, 15) is 9.59 Å². The van der Waals surface area contributed by atoms with E-state index in [2.05, 4.69) is 16.8 Å². The molecule has 0 bridgehead atoms. The van der Waals surface area contributed by atoms with Crippen molar-refractivity contribution >= 4 is 23.0 Å². The molecular weight excluding hydrogens is 392 g/mol. The Morgan fingerprint density at radius 2 is 1.71 bits per heavy atom. The second kappa shape index (κ2) is 9.69. The number of aryl methyl sites for hydroxylation is 1. The van der Waals surface area contributed by atoms with Crippen LogP contribution in [0.3, 0.4) is 0 Å². The minimum absolute atomic E-state index is 0.142. The third-order valence-corrected chi connectivity index (χ3v) is 4.84. The number of fused-ring (bicyclic) bond motifs is 1. The maximum Gasteiger partial charge on any atom is 0.408 e. The Kier molecular flexibility index (Phi) is 7.00. The molecule has 1 atom stereocenters. The van der Waals surface area contributed by atoms with E-state index in [1.807, 2.05) is 60.8 Å². The summed E-state index contributed by atoms with van der Waals surface area (Å²) < 4.78 is 13.0. The molecule has 31 heavy (non-hydrogen) atoms. The van der Waals surface area contributed by atoms with Gasteiger partial charge in [0, 0.05) is 30.1 Å². The highest BCUT2D eigenvalue weighted by Gasteiger charge is 2.27. The van der Waals surface area contributed by atoms with Crippen molar-refractivity contribution in [2.75, 3.05) is 0 Å². The van der Waals surface area contributed by atoms with Gasteiger partial charge >= 0.3 is 12.1 Å². The number of hydrogen-bond acceptors (Lipinski definition) is 4. The summed E-state index contributed by atoms with van der Waals surface area (Å²) in [5.41, 5.74) is 2.28. The molecule has 0 aliphatic rings. The highest BCUT2D eigenvalue weighted by atomic mass is 16.6. The van der Waals surface area contributed by atoms with Gasteiger partial charge in [0.15, 0.2) is 0 Å². The number of ether oxygens (including phenoxy) is 2. The quantitative estimate of drug-likeness (QED) is 0.553. The molecule has 0 saturated heterocycles.